The van der Waals surface area contributed by atoms with E-state index in [4.69, 9.17) is 0 Å². The van der Waals surface area contributed by atoms with Crippen LogP contribution in [-0.4, -0.2) is 12.4 Å². The fourth-order valence-electron chi connectivity index (χ4n) is 0.353. The predicted molar refractivity (Wildman–Crippen MR) is 37.4 cm³/mol. The van der Waals surface area contributed by atoms with Crippen molar-refractivity contribution in [2.24, 2.45) is 0 Å². The van der Waals surface area contributed by atoms with Crippen LogP contribution < -0.4 is 4.89 Å². The van der Waals surface area contributed by atoms with Crippen molar-refractivity contribution in [2.45, 2.75) is 13.8 Å². The van der Waals surface area contributed by atoms with Gasteiger partial charge < -0.3 is 9.42 Å². The minimum atomic E-state index is -3.53. The zero-order valence-corrected chi connectivity index (χ0v) is 7.21. The van der Waals surface area contributed by atoms with Gasteiger partial charge in [0.2, 0.25) is 0 Å². The lowest BCUT2D eigenvalue weighted by Gasteiger charge is -2.19. The third-order valence-corrected chi connectivity index (χ3v) is 3.76. The maximum atomic E-state index is 10.6. The van der Waals surface area contributed by atoms with E-state index in [-0.39, 0.29) is 6.61 Å². The average molecular weight is 169 g/mol. The molecule has 0 aliphatic rings. The lowest BCUT2D eigenvalue weighted by atomic mass is 10.9. The molecule has 1 unspecified atom stereocenters. The van der Waals surface area contributed by atoms with Gasteiger partial charge in [-0.05, 0) is 12.7 Å². The quantitative estimate of drug-likeness (QED) is 0.594. The van der Waals surface area contributed by atoms with Crippen molar-refractivity contribution < 1.29 is 14.0 Å². The SMILES string of the molecule is CCOP(=O)([O-])SCC. The van der Waals surface area contributed by atoms with E-state index in [0.29, 0.717) is 5.75 Å². The second kappa shape index (κ2) is 4.34. The van der Waals surface area contributed by atoms with E-state index in [2.05, 4.69) is 4.52 Å². The van der Waals surface area contributed by atoms with Gasteiger partial charge in [-0.3, -0.25) is 4.57 Å². The molecule has 0 rings (SSSR count). The van der Waals surface area contributed by atoms with E-state index in [1.54, 1.807) is 13.8 Å². The second-order valence-corrected chi connectivity index (χ2v) is 5.39. The lowest BCUT2D eigenvalue weighted by molar-refractivity contribution is -0.189. The van der Waals surface area contributed by atoms with Crippen molar-refractivity contribution in [3.8, 4) is 0 Å². The highest BCUT2D eigenvalue weighted by Crippen LogP contribution is 2.50. The highest BCUT2D eigenvalue weighted by molar-refractivity contribution is 8.54. The molecule has 0 aromatic carbocycles. The Morgan fingerprint density at radius 1 is 1.67 bits per heavy atom. The Morgan fingerprint density at radius 2 is 2.22 bits per heavy atom. The third kappa shape index (κ3) is 4.97. The highest BCUT2D eigenvalue weighted by atomic mass is 32.7. The van der Waals surface area contributed by atoms with Crippen molar-refractivity contribution in [2.75, 3.05) is 12.4 Å². The Bertz CT molecular complexity index is 106. The van der Waals surface area contributed by atoms with Crippen molar-refractivity contribution >= 4 is 18.2 Å². The zero-order chi connectivity index (χ0) is 7.33. The summed E-state index contributed by atoms with van der Waals surface area (Å²) < 4.78 is 15.0. The number of hydrogen-bond acceptors (Lipinski definition) is 4. The molecule has 0 saturated heterocycles. The molecule has 0 aliphatic heterocycles. The van der Waals surface area contributed by atoms with Gasteiger partial charge in [0.25, 0.3) is 0 Å². The zero-order valence-electron chi connectivity index (χ0n) is 5.49. The van der Waals surface area contributed by atoms with Gasteiger partial charge in [-0.2, -0.15) is 0 Å². The molecule has 0 bridgehead atoms. The second-order valence-electron chi connectivity index (χ2n) is 1.28. The smallest absolute Gasteiger partial charge is 0.192 e. The van der Waals surface area contributed by atoms with Crippen molar-refractivity contribution in [1.82, 2.24) is 0 Å². The molecule has 3 nitrogen and oxygen atoms in total. The fraction of sp³-hybridized carbons (Fsp3) is 1.00. The first-order chi connectivity index (χ1) is 4.12. The first kappa shape index (κ1) is 9.50. The molecule has 0 spiro atoms. The Kier molecular flexibility index (Phi) is 4.58. The van der Waals surface area contributed by atoms with E-state index in [1.165, 1.54) is 0 Å². The topological polar surface area (TPSA) is 49.4 Å². The predicted octanol–water partition coefficient (Wildman–Crippen LogP) is 1.24. The van der Waals surface area contributed by atoms with E-state index >= 15 is 0 Å². The van der Waals surface area contributed by atoms with E-state index in [1.807, 2.05) is 0 Å². The monoisotopic (exact) mass is 169 g/mol. The summed E-state index contributed by atoms with van der Waals surface area (Å²) in [5, 5.41) is 0. The van der Waals surface area contributed by atoms with Gasteiger partial charge in [-0.1, -0.05) is 18.3 Å². The van der Waals surface area contributed by atoms with Gasteiger partial charge in [0.1, 0.15) is 0 Å². The highest BCUT2D eigenvalue weighted by Gasteiger charge is 2.04. The van der Waals surface area contributed by atoms with Crippen LogP contribution in [0.5, 0.6) is 0 Å². The summed E-state index contributed by atoms with van der Waals surface area (Å²) in [4.78, 5) is 10.6. The minimum Gasteiger partial charge on any atom is -0.770 e. The Balaban J connectivity index is 3.58. The number of hydrogen-bond donors (Lipinski definition) is 0. The van der Waals surface area contributed by atoms with Crippen molar-refractivity contribution in [3.63, 3.8) is 0 Å². The van der Waals surface area contributed by atoms with Gasteiger partial charge in [-0.25, -0.2) is 0 Å². The van der Waals surface area contributed by atoms with Gasteiger partial charge in [-0.15, -0.1) is 0 Å². The van der Waals surface area contributed by atoms with Crippen LogP contribution >= 0.6 is 18.2 Å². The molecule has 0 aliphatic carbocycles. The standard InChI is InChI=1S/C4H11O3PS/c1-3-7-8(5,6)9-4-2/h3-4H2,1-2H3,(H,5,6)/p-1. The molecule has 0 aromatic heterocycles. The van der Waals surface area contributed by atoms with Crippen LogP contribution in [0, 0.1) is 0 Å². The van der Waals surface area contributed by atoms with Gasteiger partial charge in [0, 0.05) is 0 Å². The minimum absolute atomic E-state index is 0.230. The van der Waals surface area contributed by atoms with E-state index < -0.39 is 6.80 Å². The maximum absolute atomic E-state index is 10.6. The van der Waals surface area contributed by atoms with Crippen LogP contribution in [0.3, 0.4) is 0 Å². The molecule has 0 aromatic rings. The molecule has 5 heteroatoms. The molecule has 0 N–H and O–H groups in total. The summed E-state index contributed by atoms with van der Waals surface area (Å²) in [6.07, 6.45) is 0. The molecule has 56 valence electrons. The molecule has 0 fully saturated rings. The van der Waals surface area contributed by atoms with Crippen LogP contribution in [0.1, 0.15) is 13.8 Å². The maximum Gasteiger partial charge on any atom is 0.192 e. The summed E-state index contributed by atoms with van der Waals surface area (Å²) in [6.45, 7) is 0.130. The summed E-state index contributed by atoms with van der Waals surface area (Å²) in [7, 11) is 0. The van der Waals surface area contributed by atoms with Gasteiger partial charge in [0.05, 0.1) is 6.61 Å². The largest absolute Gasteiger partial charge is 0.770 e. The molecule has 0 heterocycles. The summed E-state index contributed by atoms with van der Waals surface area (Å²) in [5.41, 5.74) is 0. The molecule has 0 amide bonds. The first-order valence-corrected chi connectivity index (χ1v) is 5.86. The average Bonchev–Trinajstić information content (AvgIpc) is 1.64. The summed E-state index contributed by atoms with van der Waals surface area (Å²) in [6, 6.07) is 0. The van der Waals surface area contributed by atoms with Crippen LogP contribution in [0.4, 0.5) is 0 Å². The summed E-state index contributed by atoms with van der Waals surface area (Å²) >= 11 is 0.836. The van der Waals surface area contributed by atoms with E-state index in [9.17, 15) is 9.46 Å². The van der Waals surface area contributed by atoms with E-state index in [0.717, 1.165) is 11.4 Å². The molecule has 9 heavy (non-hydrogen) atoms. The third-order valence-electron chi connectivity index (χ3n) is 0.574. The Labute approximate surface area is 59.1 Å². The normalized spacial score (nSPS) is 17.2. The lowest BCUT2D eigenvalue weighted by Crippen LogP contribution is -2.00. The van der Waals surface area contributed by atoms with Gasteiger partial charge in [0.15, 0.2) is 6.80 Å². The molecular formula is C4H10O3PS-. The van der Waals surface area contributed by atoms with Crippen LogP contribution in [0.2, 0.25) is 0 Å². The van der Waals surface area contributed by atoms with Crippen LogP contribution in [0.25, 0.3) is 0 Å². The Hall–Kier alpha value is 0.500. The van der Waals surface area contributed by atoms with Crippen molar-refractivity contribution in [1.29, 1.82) is 0 Å². The molecule has 0 radical (unpaired) electrons. The van der Waals surface area contributed by atoms with Crippen LogP contribution in [-0.2, 0) is 9.09 Å². The Morgan fingerprint density at radius 3 is 2.56 bits per heavy atom. The summed E-state index contributed by atoms with van der Waals surface area (Å²) in [5.74, 6) is 0.542. The van der Waals surface area contributed by atoms with Crippen LogP contribution in [0.15, 0.2) is 0 Å². The number of rotatable bonds is 4. The fourth-order valence-corrected chi connectivity index (χ4v) is 2.55. The molecule has 0 saturated carbocycles. The van der Waals surface area contributed by atoms with Gasteiger partial charge >= 0.3 is 0 Å². The molecule has 1 atom stereocenters. The molecular weight excluding hydrogens is 159 g/mol. The van der Waals surface area contributed by atoms with Crippen molar-refractivity contribution in [3.05, 3.63) is 0 Å². The first-order valence-electron chi connectivity index (χ1n) is 2.72.